The number of hydrogen-bond acceptors (Lipinski definition) is 2. The Labute approximate surface area is 51.2 Å². The summed E-state index contributed by atoms with van der Waals surface area (Å²) in [4.78, 5) is 19.8. The van der Waals surface area contributed by atoms with Crippen molar-refractivity contribution in [1.29, 1.82) is 0 Å². The van der Waals surface area contributed by atoms with Gasteiger partial charge in [0.2, 0.25) is 0 Å². The van der Waals surface area contributed by atoms with Gasteiger partial charge in [-0.25, -0.2) is 20.4 Å². The van der Waals surface area contributed by atoms with Gasteiger partial charge in [-0.1, -0.05) is 0 Å². The summed E-state index contributed by atoms with van der Waals surface area (Å²) in [5, 5.41) is 10.0. The summed E-state index contributed by atoms with van der Waals surface area (Å²) in [6, 6.07) is -0.600. The van der Waals surface area contributed by atoms with Crippen molar-refractivity contribution in [1.82, 2.24) is 16.2 Å². The van der Waals surface area contributed by atoms with E-state index in [2.05, 4.69) is 5.32 Å². The molecule has 0 aromatic heterocycles. The maximum Gasteiger partial charge on any atom is 0.423 e. The van der Waals surface area contributed by atoms with E-state index in [9.17, 15) is 9.59 Å². The largest absolute Gasteiger partial charge is 0.464 e. The SMILES string of the molecule is CNC(=O)NNC(=O)O. The molecule has 0 atom stereocenters. The van der Waals surface area contributed by atoms with Crippen LogP contribution in [0.3, 0.4) is 0 Å². The van der Waals surface area contributed by atoms with Gasteiger partial charge < -0.3 is 10.4 Å². The molecule has 0 aliphatic heterocycles. The molecule has 4 N–H and O–H groups in total. The van der Waals surface area contributed by atoms with E-state index in [0.29, 0.717) is 0 Å². The number of hydrogen-bond donors (Lipinski definition) is 4. The van der Waals surface area contributed by atoms with Crippen molar-refractivity contribution in [2.45, 2.75) is 0 Å². The van der Waals surface area contributed by atoms with Crippen LogP contribution < -0.4 is 16.2 Å². The minimum atomic E-state index is -1.31. The summed E-state index contributed by atoms with van der Waals surface area (Å²) in [5.41, 5.74) is 3.48. The smallest absolute Gasteiger partial charge is 0.423 e. The molecule has 0 saturated heterocycles. The summed E-state index contributed by atoms with van der Waals surface area (Å²) in [5.74, 6) is 0. The fourth-order valence-corrected chi connectivity index (χ4v) is 0.173. The van der Waals surface area contributed by atoms with Crippen LogP contribution in [-0.2, 0) is 0 Å². The summed E-state index contributed by atoms with van der Waals surface area (Å²) < 4.78 is 0. The highest BCUT2D eigenvalue weighted by molar-refractivity contribution is 5.76. The highest BCUT2D eigenvalue weighted by atomic mass is 16.4. The second-order valence-electron chi connectivity index (χ2n) is 1.13. The molecule has 0 aliphatic carbocycles. The van der Waals surface area contributed by atoms with Crippen molar-refractivity contribution in [3.05, 3.63) is 0 Å². The van der Waals surface area contributed by atoms with Gasteiger partial charge in [0.25, 0.3) is 0 Å². The Morgan fingerprint density at radius 3 is 2.22 bits per heavy atom. The number of amides is 3. The normalized spacial score (nSPS) is 7.67. The van der Waals surface area contributed by atoms with Gasteiger partial charge in [-0.3, -0.25) is 0 Å². The number of hydrazine groups is 1. The molecule has 0 saturated carbocycles. The number of carboxylic acid groups (broad SMARTS) is 1. The molecular weight excluding hydrogens is 126 g/mol. The first-order valence-electron chi connectivity index (χ1n) is 2.13. The zero-order valence-electron chi connectivity index (χ0n) is 4.76. The van der Waals surface area contributed by atoms with E-state index in [0.717, 1.165) is 0 Å². The van der Waals surface area contributed by atoms with Crippen LogP contribution in [0, 0.1) is 0 Å². The summed E-state index contributed by atoms with van der Waals surface area (Å²) in [6.45, 7) is 0. The second-order valence-corrected chi connectivity index (χ2v) is 1.13. The van der Waals surface area contributed by atoms with Crippen LogP contribution in [0.5, 0.6) is 0 Å². The monoisotopic (exact) mass is 133 g/mol. The van der Waals surface area contributed by atoms with Crippen molar-refractivity contribution in [2.24, 2.45) is 0 Å². The van der Waals surface area contributed by atoms with Gasteiger partial charge in [0.1, 0.15) is 0 Å². The van der Waals surface area contributed by atoms with Crippen molar-refractivity contribution >= 4 is 12.1 Å². The van der Waals surface area contributed by atoms with Gasteiger partial charge in [0.05, 0.1) is 0 Å². The molecule has 52 valence electrons. The molecule has 0 fully saturated rings. The minimum absolute atomic E-state index is 0.600. The molecular formula is C3H7N3O3. The Morgan fingerprint density at radius 2 is 1.89 bits per heavy atom. The van der Waals surface area contributed by atoms with Crippen LogP contribution in [0.1, 0.15) is 0 Å². The Kier molecular flexibility index (Phi) is 2.96. The molecule has 0 heterocycles. The van der Waals surface area contributed by atoms with Gasteiger partial charge in [-0.05, 0) is 0 Å². The number of carbonyl (C=O) groups is 2. The summed E-state index contributed by atoms with van der Waals surface area (Å²) in [7, 11) is 1.37. The highest BCUT2D eigenvalue weighted by Crippen LogP contribution is 1.56. The third-order valence-electron chi connectivity index (χ3n) is 0.510. The van der Waals surface area contributed by atoms with Crippen LogP contribution in [0.15, 0.2) is 0 Å². The maximum atomic E-state index is 10.2. The standard InChI is InChI=1S/C3H7N3O3/c1-4-2(7)5-6-3(8)9/h6H,1H3,(H,8,9)(H2,4,5,7). The fourth-order valence-electron chi connectivity index (χ4n) is 0.173. The van der Waals surface area contributed by atoms with E-state index in [1.54, 1.807) is 5.43 Å². The fraction of sp³-hybridized carbons (Fsp3) is 0.333. The maximum absolute atomic E-state index is 10.2. The zero-order valence-corrected chi connectivity index (χ0v) is 4.76. The third kappa shape index (κ3) is 4.39. The predicted octanol–water partition coefficient (Wildman–Crippen LogP) is -0.902. The van der Waals surface area contributed by atoms with E-state index in [1.807, 2.05) is 5.43 Å². The highest BCUT2D eigenvalue weighted by Gasteiger charge is 1.95. The van der Waals surface area contributed by atoms with Crippen LogP contribution in [0.2, 0.25) is 0 Å². The lowest BCUT2D eigenvalue weighted by Gasteiger charge is -2.00. The topological polar surface area (TPSA) is 90.5 Å². The Morgan fingerprint density at radius 1 is 1.33 bits per heavy atom. The molecule has 0 bridgehead atoms. The summed E-state index contributed by atoms with van der Waals surface area (Å²) >= 11 is 0. The molecule has 0 aromatic rings. The van der Waals surface area contributed by atoms with Crippen molar-refractivity contribution in [2.75, 3.05) is 7.05 Å². The van der Waals surface area contributed by atoms with Gasteiger partial charge in [-0.15, -0.1) is 0 Å². The van der Waals surface area contributed by atoms with Crippen LogP contribution in [0.4, 0.5) is 9.59 Å². The summed E-state index contributed by atoms with van der Waals surface area (Å²) in [6.07, 6.45) is -1.31. The Bertz CT molecular complexity index is 123. The molecule has 0 aliphatic rings. The zero-order chi connectivity index (χ0) is 7.28. The van der Waals surface area contributed by atoms with Gasteiger partial charge >= 0.3 is 12.1 Å². The minimum Gasteiger partial charge on any atom is -0.464 e. The number of urea groups is 1. The molecule has 9 heavy (non-hydrogen) atoms. The quantitative estimate of drug-likeness (QED) is 0.323. The van der Waals surface area contributed by atoms with Crippen molar-refractivity contribution in [3.8, 4) is 0 Å². The average Bonchev–Trinajstić information content (AvgIpc) is 1.83. The van der Waals surface area contributed by atoms with Crippen molar-refractivity contribution in [3.63, 3.8) is 0 Å². The lowest BCUT2D eigenvalue weighted by atomic mass is 11.0. The van der Waals surface area contributed by atoms with Gasteiger partial charge in [0.15, 0.2) is 0 Å². The average molecular weight is 133 g/mol. The third-order valence-corrected chi connectivity index (χ3v) is 0.510. The Hall–Kier alpha value is -1.46. The molecule has 3 amide bonds. The van der Waals surface area contributed by atoms with Gasteiger partial charge in [0, 0.05) is 7.05 Å². The molecule has 0 aromatic carbocycles. The molecule has 6 heteroatoms. The van der Waals surface area contributed by atoms with Crippen molar-refractivity contribution < 1.29 is 14.7 Å². The molecule has 0 rings (SSSR count). The van der Waals surface area contributed by atoms with E-state index in [-0.39, 0.29) is 0 Å². The predicted molar refractivity (Wildman–Crippen MR) is 28.8 cm³/mol. The Balaban J connectivity index is 3.28. The number of carbonyl (C=O) groups excluding carboxylic acids is 1. The van der Waals surface area contributed by atoms with E-state index < -0.39 is 12.1 Å². The molecule has 0 radical (unpaired) electrons. The van der Waals surface area contributed by atoms with E-state index in [4.69, 9.17) is 5.11 Å². The number of nitrogens with one attached hydrogen (secondary N) is 3. The van der Waals surface area contributed by atoms with Crippen LogP contribution in [-0.4, -0.2) is 24.3 Å². The van der Waals surface area contributed by atoms with E-state index >= 15 is 0 Å². The lowest BCUT2D eigenvalue weighted by Crippen LogP contribution is -2.45. The lowest BCUT2D eigenvalue weighted by molar-refractivity contribution is 0.187. The van der Waals surface area contributed by atoms with E-state index in [1.165, 1.54) is 7.05 Å². The first kappa shape index (κ1) is 7.54. The second kappa shape index (κ2) is 3.53. The first-order chi connectivity index (χ1) is 4.16. The van der Waals surface area contributed by atoms with Gasteiger partial charge in [-0.2, -0.15) is 0 Å². The molecule has 6 nitrogen and oxygen atoms in total. The van der Waals surface area contributed by atoms with Crippen LogP contribution in [0.25, 0.3) is 0 Å². The molecule has 0 spiro atoms. The first-order valence-corrected chi connectivity index (χ1v) is 2.13. The number of rotatable bonds is 0. The van der Waals surface area contributed by atoms with Crippen LogP contribution >= 0.6 is 0 Å². The molecule has 0 unspecified atom stereocenters.